The molecule has 3 aromatic rings. The Labute approximate surface area is 140 Å². The highest BCUT2D eigenvalue weighted by molar-refractivity contribution is 6.16. The van der Waals surface area contributed by atoms with Gasteiger partial charge in [-0.05, 0) is 30.3 Å². The molecule has 0 aliphatic carbocycles. The predicted molar refractivity (Wildman–Crippen MR) is 90.7 cm³/mol. The van der Waals surface area contributed by atoms with Gasteiger partial charge in [0.25, 0.3) is 0 Å². The number of rotatable bonds is 6. The molecule has 0 saturated carbocycles. The van der Waals surface area contributed by atoms with Gasteiger partial charge >= 0.3 is 0 Å². The van der Waals surface area contributed by atoms with Crippen molar-refractivity contribution in [1.29, 1.82) is 0 Å². The molecule has 2 heterocycles. The zero-order valence-corrected chi connectivity index (χ0v) is 13.5. The number of hydrogen-bond donors (Lipinski definition) is 0. The molecular weight excluding hydrogens is 304 g/mol. The van der Waals surface area contributed by atoms with Crippen LogP contribution in [0.4, 0.5) is 0 Å². The number of aryl methyl sites for hydroxylation is 1. The largest absolute Gasteiger partial charge is 0.491 e. The Morgan fingerprint density at radius 3 is 2.62 bits per heavy atom. The molecule has 122 valence electrons. The molecule has 0 bridgehead atoms. The Hall–Kier alpha value is -2.59. The first-order valence-electron chi connectivity index (χ1n) is 8.16. The number of hydrogen-bond acceptors (Lipinski definition) is 4. The zero-order valence-electron chi connectivity index (χ0n) is 13.5. The van der Waals surface area contributed by atoms with Crippen molar-refractivity contribution in [3.8, 4) is 5.75 Å². The smallest absolute Gasteiger partial charge is 0.197 e. The van der Waals surface area contributed by atoms with Crippen molar-refractivity contribution >= 4 is 16.8 Å². The number of epoxide rings is 1. The van der Waals surface area contributed by atoms with Crippen molar-refractivity contribution in [2.75, 3.05) is 13.2 Å². The number of benzene rings is 2. The van der Waals surface area contributed by atoms with Gasteiger partial charge in [0.1, 0.15) is 29.8 Å². The molecule has 0 amide bonds. The van der Waals surface area contributed by atoms with E-state index in [1.807, 2.05) is 43.3 Å². The first-order chi connectivity index (χ1) is 11.8. The molecule has 2 aromatic carbocycles. The summed E-state index contributed by atoms with van der Waals surface area (Å²) in [5, 5.41) is 0.866. The minimum absolute atomic E-state index is 0.0196. The molecule has 1 fully saturated rings. The topological polar surface area (TPSA) is 52.0 Å². The molecule has 4 nitrogen and oxygen atoms in total. The third-order valence-corrected chi connectivity index (χ3v) is 4.17. The van der Waals surface area contributed by atoms with Gasteiger partial charge in [-0.1, -0.05) is 25.1 Å². The number of para-hydroxylation sites is 1. The maximum atomic E-state index is 13.0. The Balaban J connectivity index is 1.63. The molecule has 1 aliphatic rings. The molecule has 0 N–H and O–H groups in total. The van der Waals surface area contributed by atoms with E-state index in [4.69, 9.17) is 13.9 Å². The lowest BCUT2D eigenvalue weighted by atomic mass is 9.99. The van der Waals surface area contributed by atoms with Crippen molar-refractivity contribution in [1.82, 2.24) is 0 Å². The number of carbonyl (C=O) groups excluding carboxylic acids is 1. The molecule has 0 radical (unpaired) electrons. The second-order valence-corrected chi connectivity index (χ2v) is 5.87. The summed E-state index contributed by atoms with van der Waals surface area (Å²) in [6.07, 6.45) is 0.897. The van der Waals surface area contributed by atoms with E-state index in [1.165, 1.54) is 0 Å². The normalized spacial score (nSPS) is 16.3. The summed E-state index contributed by atoms with van der Waals surface area (Å²) in [6.45, 7) is 3.31. The lowest BCUT2D eigenvalue weighted by Gasteiger charge is -2.06. The number of ether oxygens (including phenoxy) is 2. The summed E-state index contributed by atoms with van der Waals surface area (Å²) in [4.78, 5) is 13.0. The van der Waals surface area contributed by atoms with E-state index in [1.54, 1.807) is 12.1 Å². The maximum absolute atomic E-state index is 13.0. The highest BCUT2D eigenvalue weighted by Gasteiger charge is 2.23. The molecule has 1 aliphatic heterocycles. The van der Waals surface area contributed by atoms with Gasteiger partial charge in [-0.15, -0.1) is 0 Å². The molecule has 1 aromatic heterocycles. The number of furan rings is 1. The average molecular weight is 322 g/mol. The van der Waals surface area contributed by atoms with Gasteiger partial charge < -0.3 is 13.9 Å². The molecule has 1 saturated heterocycles. The van der Waals surface area contributed by atoms with Crippen LogP contribution in [-0.2, 0) is 11.2 Å². The summed E-state index contributed by atoms with van der Waals surface area (Å²) in [7, 11) is 0. The summed E-state index contributed by atoms with van der Waals surface area (Å²) >= 11 is 0. The first-order valence-corrected chi connectivity index (χ1v) is 8.16. The van der Waals surface area contributed by atoms with Gasteiger partial charge in [-0.25, -0.2) is 0 Å². The lowest BCUT2D eigenvalue weighted by molar-refractivity contribution is 0.103. The Morgan fingerprint density at radius 1 is 1.17 bits per heavy atom. The Kier molecular flexibility index (Phi) is 3.82. The molecule has 1 unspecified atom stereocenters. The molecule has 24 heavy (non-hydrogen) atoms. The monoisotopic (exact) mass is 322 g/mol. The van der Waals surface area contributed by atoms with Crippen molar-refractivity contribution in [2.45, 2.75) is 19.4 Å². The standard InChI is InChI=1S/C20H18O4/c1-2-17-19(16-5-3-4-6-18(16)24-17)20(21)13-7-9-14(10-8-13)22-11-15-12-23-15/h3-10,15H,2,11-12H2,1H3. The van der Waals surface area contributed by atoms with Gasteiger partial charge in [-0.3, -0.25) is 4.79 Å². The van der Waals surface area contributed by atoms with E-state index in [0.29, 0.717) is 24.2 Å². The molecule has 1 atom stereocenters. The third kappa shape index (κ3) is 2.81. The Bertz CT molecular complexity index is 872. The fourth-order valence-corrected chi connectivity index (χ4v) is 2.79. The van der Waals surface area contributed by atoms with E-state index in [2.05, 4.69) is 0 Å². The highest BCUT2D eigenvalue weighted by atomic mass is 16.6. The van der Waals surface area contributed by atoms with E-state index >= 15 is 0 Å². The van der Waals surface area contributed by atoms with Crippen LogP contribution in [0.2, 0.25) is 0 Å². The van der Waals surface area contributed by atoms with Crippen LogP contribution in [0.15, 0.2) is 52.9 Å². The SMILES string of the molecule is CCc1oc2ccccc2c1C(=O)c1ccc(OCC2CO2)cc1. The van der Waals surface area contributed by atoms with Crippen LogP contribution in [0.5, 0.6) is 5.75 Å². The van der Waals surface area contributed by atoms with E-state index < -0.39 is 0 Å². The van der Waals surface area contributed by atoms with Crippen LogP contribution in [0.25, 0.3) is 11.0 Å². The van der Waals surface area contributed by atoms with Gasteiger partial charge in [-0.2, -0.15) is 0 Å². The van der Waals surface area contributed by atoms with Crippen molar-refractivity contribution in [2.24, 2.45) is 0 Å². The van der Waals surface area contributed by atoms with Crippen molar-refractivity contribution < 1.29 is 18.7 Å². The second-order valence-electron chi connectivity index (χ2n) is 5.87. The van der Waals surface area contributed by atoms with Crippen LogP contribution in [0.3, 0.4) is 0 Å². The molecular formula is C20H18O4. The van der Waals surface area contributed by atoms with E-state index in [0.717, 1.165) is 29.1 Å². The van der Waals surface area contributed by atoms with Crippen LogP contribution >= 0.6 is 0 Å². The van der Waals surface area contributed by atoms with Gasteiger partial charge in [0.15, 0.2) is 5.78 Å². The van der Waals surface area contributed by atoms with Gasteiger partial charge in [0, 0.05) is 17.4 Å². The fourth-order valence-electron chi connectivity index (χ4n) is 2.79. The van der Waals surface area contributed by atoms with E-state index in [-0.39, 0.29) is 11.9 Å². The van der Waals surface area contributed by atoms with Crippen LogP contribution in [0.1, 0.15) is 28.6 Å². The van der Waals surface area contributed by atoms with Gasteiger partial charge in [0.05, 0.1) is 12.2 Å². The van der Waals surface area contributed by atoms with Crippen molar-refractivity contribution in [3.63, 3.8) is 0 Å². The minimum Gasteiger partial charge on any atom is -0.491 e. The molecule has 0 spiro atoms. The summed E-state index contributed by atoms with van der Waals surface area (Å²) in [6, 6.07) is 14.9. The Morgan fingerprint density at radius 2 is 1.92 bits per heavy atom. The van der Waals surface area contributed by atoms with Crippen molar-refractivity contribution in [3.05, 3.63) is 65.4 Å². The first kappa shape index (κ1) is 15.0. The highest BCUT2D eigenvalue weighted by Crippen LogP contribution is 2.29. The van der Waals surface area contributed by atoms with Crippen LogP contribution in [-0.4, -0.2) is 25.1 Å². The number of ketones is 1. The van der Waals surface area contributed by atoms with Crippen LogP contribution < -0.4 is 4.74 Å². The average Bonchev–Trinajstić information content (AvgIpc) is 3.38. The summed E-state index contributed by atoms with van der Waals surface area (Å²) in [5.41, 5.74) is 2.04. The summed E-state index contributed by atoms with van der Waals surface area (Å²) < 4.78 is 16.6. The van der Waals surface area contributed by atoms with Gasteiger partial charge in [0.2, 0.25) is 0 Å². The summed E-state index contributed by atoms with van der Waals surface area (Å²) in [5.74, 6) is 1.45. The predicted octanol–water partition coefficient (Wildman–Crippen LogP) is 4.00. The zero-order chi connectivity index (χ0) is 16.5. The van der Waals surface area contributed by atoms with E-state index in [9.17, 15) is 4.79 Å². The third-order valence-electron chi connectivity index (χ3n) is 4.17. The quantitative estimate of drug-likeness (QED) is 0.508. The fraction of sp³-hybridized carbons (Fsp3) is 0.250. The number of carbonyl (C=O) groups is 1. The lowest BCUT2D eigenvalue weighted by Crippen LogP contribution is -2.05. The molecule has 4 rings (SSSR count). The van der Waals surface area contributed by atoms with Crippen LogP contribution in [0, 0.1) is 0 Å². The maximum Gasteiger partial charge on any atom is 0.197 e. The number of fused-ring (bicyclic) bond motifs is 1. The molecule has 4 heteroatoms. The minimum atomic E-state index is -0.0196. The second kappa shape index (κ2) is 6.13.